The molecule has 0 aliphatic carbocycles. The van der Waals surface area contributed by atoms with Gasteiger partial charge in [0.15, 0.2) is 0 Å². The lowest BCUT2D eigenvalue weighted by atomic mass is 10.2. The van der Waals surface area contributed by atoms with Crippen molar-refractivity contribution in [2.24, 2.45) is 7.05 Å². The van der Waals surface area contributed by atoms with Crippen LogP contribution < -0.4 is 5.56 Å². The van der Waals surface area contributed by atoms with Gasteiger partial charge in [-0.15, -0.1) is 0 Å². The average molecular weight is 220 g/mol. The fourth-order valence-corrected chi connectivity index (χ4v) is 1.69. The SMILES string of the molecule is Cn1c(=O)c(C#N)c(Cl)c2ncccc21. The first-order valence-electron chi connectivity index (χ1n) is 4.20. The van der Waals surface area contributed by atoms with Crippen molar-refractivity contribution < 1.29 is 0 Å². The predicted octanol–water partition coefficient (Wildman–Crippen LogP) is 1.46. The first-order valence-corrected chi connectivity index (χ1v) is 4.58. The maximum Gasteiger partial charge on any atom is 0.270 e. The number of aromatic nitrogens is 2. The number of nitrogens with zero attached hydrogens (tertiary/aromatic N) is 3. The standard InChI is InChI=1S/C10H6ClN3O/c1-14-7-3-2-4-13-9(7)8(11)6(5-12)10(14)15/h2-4H,1H3. The molecule has 74 valence electrons. The molecule has 0 saturated carbocycles. The number of rotatable bonds is 0. The lowest BCUT2D eigenvalue weighted by Gasteiger charge is -2.06. The van der Waals surface area contributed by atoms with Gasteiger partial charge in [-0.05, 0) is 12.1 Å². The molecule has 0 atom stereocenters. The molecule has 0 saturated heterocycles. The van der Waals surface area contributed by atoms with E-state index in [4.69, 9.17) is 16.9 Å². The fourth-order valence-electron chi connectivity index (χ4n) is 1.42. The largest absolute Gasteiger partial charge is 0.309 e. The van der Waals surface area contributed by atoms with Crippen molar-refractivity contribution in [3.63, 3.8) is 0 Å². The van der Waals surface area contributed by atoms with E-state index < -0.39 is 5.56 Å². The highest BCUT2D eigenvalue weighted by Crippen LogP contribution is 2.21. The maximum atomic E-state index is 11.7. The number of hydrogen-bond acceptors (Lipinski definition) is 3. The smallest absolute Gasteiger partial charge is 0.270 e. The van der Waals surface area contributed by atoms with Crippen LogP contribution in [0.4, 0.5) is 0 Å². The number of halogens is 1. The van der Waals surface area contributed by atoms with E-state index in [-0.39, 0.29) is 10.6 Å². The Morgan fingerprint density at radius 3 is 3.00 bits per heavy atom. The Hall–Kier alpha value is -1.86. The Balaban J connectivity index is 3.12. The van der Waals surface area contributed by atoms with Crippen molar-refractivity contribution in [1.29, 1.82) is 5.26 Å². The van der Waals surface area contributed by atoms with Gasteiger partial charge in [-0.1, -0.05) is 11.6 Å². The van der Waals surface area contributed by atoms with Crippen molar-refractivity contribution >= 4 is 22.6 Å². The number of nitriles is 1. The van der Waals surface area contributed by atoms with Crippen molar-refractivity contribution in [2.45, 2.75) is 0 Å². The molecule has 15 heavy (non-hydrogen) atoms. The lowest BCUT2D eigenvalue weighted by molar-refractivity contribution is 0.898. The van der Waals surface area contributed by atoms with Crippen molar-refractivity contribution in [2.75, 3.05) is 0 Å². The molecular weight excluding hydrogens is 214 g/mol. The van der Waals surface area contributed by atoms with Crippen LogP contribution in [0.2, 0.25) is 5.02 Å². The second kappa shape index (κ2) is 3.37. The minimum Gasteiger partial charge on any atom is -0.309 e. The van der Waals surface area contributed by atoms with Gasteiger partial charge < -0.3 is 4.57 Å². The van der Waals surface area contributed by atoms with E-state index in [1.54, 1.807) is 31.4 Å². The van der Waals surface area contributed by atoms with Gasteiger partial charge in [0.25, 0.3) is 5.56 Å². The quantitative estimate of drug-likeness (QED) is 0.674. The fraction of sp³-hybridized carbons (Fsp3) is 0.100. The van der Waals surface area contributed by atoms with Gasteiger partial charge >= 0.3 is 0 Å². The zero-order valence-corrected chi connectivity index (χ0v) is 8.62. The summed E-state index contributed by atoms with van der Waals surface area (Å²) in [5, 5.41) is 8.93. The molecule has 2 aromatic heterocycles. The zero-order chi connectivity index (χ0) is 11.0. The summed E-state index contributed by atoms with van der Waals surface area (Å²) in [6.45, 7) is 0. The number of pyridine rings is 2. The monoisotopic (exact) mass is 219 g/mol. The van der Waals surface area contributed by atoms with Gasteiger partial charge in [-0.25, -0.2) is 0 Å². The van der Waals surface area contributed by atoms with E-state index in [9.17, 15) is 4.79 Å². The third-order valence-corrected chi connectivity index (χ3v) is 2.57. The first kappa shape index (κ1) is 9.69. The molecule has 0 bridgehead atoms. The maximum absolute atomic E-state index is 11.7. The van der Waals surface area contributed by atoms with E-state index >= 15 is 0 Å². The molecule has 5 heteroatoms. The van der Waals surface area contributed by atoms with Gasteiger partial charge in [0.05, 0.1) is 10.5 Å². The second-order valence-electron chi connectivity index (χ2n) is 3.04. The highest BCUT2D eigenvalue weighted by Gasteiger charge is 2.13. The van der Waals surface area contributed by atoms with Crippen LogP contribution in [-0.4, -0.2) is 9.55 Å². The molecule has 2 aromatic rings. The molecule has 0 radical (unpaired) electrons. The molecule has 0 unspecified atom stereocenters. The van der Waals surface area contributed by atoms with Crippen molar-refractivity contribution in [1.82, 2.24) is 9.55 Å². The first-order chi connectivity index (χ1) is 7.16. The molecule has 0 fully saturated rings. The zero-order valence-electron chi connectivity index (χ0n) is 7.86. The Kier molecular flexibility index (Phi) is 2.18. The molecule has 2 heterocycles. The summed E-state index contributed by atoms with van der Waals surface area (Å²) in [6.07, 6.45) is 1.57. The normalized spacial score (nSPS) is 10.2. The summed E-state index contributed by atoms with van der Waals surface area (Å²) in [4.78, 5) is 15.7. The predicted molar refractivity (Wildman–Crippen MR) is 56.7 cm³/mol. The van der Waals surface area contributed by atoms with Crippen molar-refractivity contribution in [3.05, 3.63) is 39.3 Å². The van der Waals surface area contributed by atoms with Crippen LogP contribution in [0.5, 0.6) is 0 Å². The molecule has 2 rings (SSSR count). The third-order valence-electron chi connectivity index (χ3n) is 2.21. The lowest BCUT2D eigenvalue weighted by Crippen LogP contribution is -2.20. The van der Waals surface area contributed by atoms with Crippen LogP contribution in [0.25, 0.3) is 11.0 Å². The molecular formula is C10H6ClN3O. The van der Waals surface area contributed by atoms with Crippen LogP contribution in [-0.2, 0) is 7.05 Å². The van der Waals surface area contributed by atoms with Crippen LogP contribution in [0.15, 0.2) is 23.1 Å². The van der Waals surface area contributed by atoms with E-state index in [0.29, 0.717) is 11.0 Å². The van der Waals surface area contributed by atoms with Gasteiger partial charge in [-0.3, -0.25) is 9.78 Å². The van der Waals surface area contributed by atoms with Gasteiger partial charge in [0, 0.05) is 13.2 Å². The van der Waals surface area contributed by atoms with Gasteiger partial charge in [0.2, 0.25) is 0 Å². The van der Waals surface area contributed by atoms with Crippen LogP contribution in [0.1, 0.15) is 5.56 Å². The Morgan fingerprint density at radius 2 is 2.33 bits per heavy atom. The van der Waals surface area contributed by atoms with Crippen LogP contribution >= 0.6 is 11.6 Å². The average Bonchev–Trinajstić information content (AvgIpc) is 2.27. The molecule has 0 spiro atoms. The molecule has 0 N–H and O–H groups in total. The number of fused-ring (bicyclic) bond motifs is 1. The topological polar surface area (TPSA) is 58.7 Å². The summed E-state index contributed by atoms with van der Waals surface area (Å²) in [6, 6.07) is 5.24. The summed E-state index contributed by atoms with van der Waals surface area (Å²) in [5.41, 5.74) is 0.623. The third kappa shape index (κ3) is 1.29. The summed E-state index contributed by atoms with van der Waals surface area (Å²) < 4.78 is 1.37. The summed E-state index contributed by atoms with van der Waals surface area (Å²) >= 11 is 5.92. The van der Waals surface area contributed by atoms with Gasteiger partial charge in [0.1, 0.15) is 17.1 Å². The van der Waals surface area contributed by atoms with Gasteiger partial charge in [-0.2, -0.15) is 5.26 Å². The highest BCUT2D eigenvalue weighted by molar-refractivity contribution is 6.35. The highest BCUT2D eigenvalue weighted by atomic mass is 35.5. The Morgan fingerprint density at radius 1 is 1.60 bits per heavy atom. The second-order valence-corrected chi connectivity index (χ2v) is 3.41. The summed E-state index contributed by atoms with van der Waals surface area (Å²) in [5.74, 6) is 0. The minimum atomic E-state index is -0.400. The Bertz CT molecular complexity index is 639. The molecule has 0 amide bonds. The van der Waals surface area contributed by atoms with E-state index in [2.05, 4.69) is 4.98 Å². The molecule has 0 aliphatic heterocycles. The Labute approximate surface area is 90.3 Å². The number of aryl methyl sites for hydroxylation is 1. The van der Waals surface area contributed by atoms with Crippen LogP contribution in [0.3, 0.4) is 0 Å². The van der Waals surface area contributed by atoms with E-state index in [1.807, 2.05) is 0 Å². The summed E-state index contributed by atoms with van der Waals surface area (Å²) in [7, 11) is 1.59. The van der Waals surface area contributed by atoms with Crippen molar-refractivity contribution in [3.8, 4) is 6.07 Å². The number of hydrogen-bond donors (Lipinski definition) is 0. The molecule has 4 nitrogen and oxygen atoms in total. The molecule has 0 aliphatic rings. The minimum absolute atomic E-state index is 0.0645. The van der Waals surface area contributed by atoms with E-state index in [0.717, 1.165) is 0 Å². The molecule has 0 aromatic carbocycles. The van der Waals surface area contributed by atoms with E-state index in [1.165, 1.54) is 4.57 Å². The van der Waals surface area contributed by atoms with Crippen LogP contribution in [0, 0.1) is 11.3 Å².